The highest BCUT2D eigenvalue weighted by Crippen LogP contribution is 2.34. The summed E-state index contributed by atoms with van der Waals surface area (Å²) in [6, 6.07) is 15.5. The first-order valence-electron chi connectivity index (χ1n) is 6.33. The van der Waals surface area contributed by atoms with Gasteiger partial charge < -0.3 is 10.5 Å². The van der Waals surface area contributed by atoms with Gasteiger partial charge in [-0.3, -0.25) is 0 Å². The van der Waals surface area contributed by atoms with Gasteiger partial charge in [0, 0.05) is 10.6 Å². The first-order chi connectivity index (χ1) is 9.05. The molecular formula is C16H18ClNO. The fourth-order valence-electron chi connectivity index (χ4n) is 2.14. The summed E-state index contributed by atoms with van der Waals surface area (Å²) in [5, 5.41) is 0.683. The highest BCUT2D eigenvalue weighted by molar-refractivity contribution is 6.30. The largest absolute Gasteiger partial charge is 0.494 e. The summed E-state index contributed by atoms with van der Waals surface area (Å²) in [5.41, 5.74) is 7.80. The molecule has 0 heterocycles. The lowest BCUT2D eigenvalue weighted by Crippen LogP contribution is -2.34. The Hall–Kier alpha value is -1.51. The van der Waals surface area contributed by atoms with Gasteiger partial charge in [-0.25, -0.2) is 0 Å². The maximum absolute atomic E-state index is 6.52. The van der Waals surface area contributed by atoms with Crippen molar-refractivity contribution in [1.82, 2.24) is 0 Å². The molecule has 0 radical (unpaired) electrons. The fourth-order valence-corrected chi connectivity index (χ4v) is 2.33. The maximum Gasteiger partial charge on any atom is 0.124 e. The van der Waals surface area contributed by atoms with Crippen LogP contribution >= 0.6 is 11.6 Å². The van der Waals surface area contributed by atoms with Crippen LogP contribution in [0.4, 0.5) is 0 Å². The van der Waals surface area contributed by atoms with Crippen molar-refractivity contribution in [2.24, 2.45) is 5.73 Å². The molecule has 2 aromatic carbocycles. The normalized spacial score (nSPS) is 13.9. The van der Waals surface area contributed by atoms with Crippen molar-refractivity contribution in [3.63, 3.8) is 0 Å². The van der Waals surface area contributed by atoms with Crippen molar-refractivity contribution in [1.29, 1.82) is 0 Å². The second-order valence-corrected chi connectivity index (χ2v) is 5.08. The number of rotatable bonds is 4. The number of hydrogen-bond donors (Lipinski definition) is 1. The minimum absolute atomic E-state index is 0.614. The molecule has 0 amide bonds. The van der Waals surface area contributed by atoms with Gasteiger partial charge in [0.15, 0.2) is 0 Å². The predicted molar refractivity (Wildman–Crippen MR) is 79.7 cm³/mol. The minimum atomic E-state index is -0.642. The van der Waals surface area contributed by atoms with Crippen LogP contribution in [0.3, 0.4) is 0 Å². The summed E-state index contributed by atoms with van der Waals surface area (Å²) in [4.78, 5) is 0. The molecule has 0 spiro atoms. The summed E-state index contributed by atoms with van der Waals surface area (Å²) in [6.07, 6.45) is 0. The molecule has 0 saturated heterocycles. The third kappa shape index (κ3) is 2.91. The second-order valence-electron chi connectivity index (χ2n) is 4.64. The van der Waals surface area contributed by atoms with E-state index < -0.39 is 5.54 Å². The zero-order chi connectivity index (χ0) is 13.9. The van der Waals surface area contributed by atoms with Crippen LogP contribution in [0.2, 0.25) is 5.02 Å². The summed E-state index contributed by atoms with van der Waals surface area (Å²) in [7, 11) is 0. The Morgan fingerprint density at radius 3 is 2.58 bits per heavy atom. The third-order valence-electron chi connectivity index (χ3n) is 3.17. The van der Waals surface area contributed by atoms with E-state index in [2.05, 4.69) is 0 Å². The maximum atomic E-state index is 6.52. The van der Waals surface area contributed by atoms with Gasteiger partial charge in [0.25, 0.3) is 0 Å². The molecule has 0 aromatic heterocycles. The second kappa shape index (κ2) is 5.64. The van der Waals surface area contributed by atoms with Crippen molar-refractivity contribution >= 4 is 11.6 Å². The molecule has 19 heavy (non-hydrogen) atoms. The van der Waals surface area contributed by atoms with Gasteiger partial charge in [0.05, 0.1) is 12.1 Å². The summed E-state index contributed by atoms with van der Waals surface area (Å²) in [5.74, 6) is 0.815. The van der Waals surface area contributed by atoms with Crippen molar-refractivity contribution in [3.05, 3.63) is 64.7 Å². The van der Waals surface area contributed by atoms with Crippen molar-refractivity contribution in [2.45, 2.75) is 19.4 Å². The molecule has 1 unspecified atom stereocenters. The number of nitrogens with two attached hydrogens (primary N) is 1. The van der Waals surface area contributed by atoms with Gasteiger partial charge in [0.2, 0.25) is 0 Å². The average molecular weight is 276 g/mol. The van der Waals surface area contributed by atoms with Crippen LogP contribution < -0.4 is 10.5 Å². The Balaban J connectivity index is 2.50. The molecule has 2 N–H and O–H groups in total. The van der Waals surface area contributed by atoms with E-state index in [-0.39, 0.29) is 0 Å². The zero-order valence-electron chi connectivity index (χ0n) is 11.2. The van der Waals surface area contributed by atoms with Gasteiger partial charge in [-0.15, -0.1) is 0 Å². The van der Waals surface area contributed by atoms with Crippen LogP contribution in [0.15, 0.2) is 48.5 Å². The molecule has 100 valence electrons. The molecule has 2 rings (SSSR count). The molecular weight excluding hydrogens is 258 g/mol. The molecule has 0 saturated carbocycles. The van der Waals surface area contributed by atoms with Gasteiger partial charge in [0.1, 0.15) is 5.75 Å². The number of benzene rings is 2. The van der Waals surface area contributed by atoms with E-state index in [0.717, 1.165) is 16.9 Å². The minimum Gasteiger partial charge on any atom is -0.494 e. The Kier molecular flexibility index (Phi) is 4.13. The SMILES string of the molecule is CCOc1ccccc1C(C)(N)c1cccc(Cl)c1. The molecule has 0 aliphatic rings. The Labute approximate surface area is 119 Å². The van der Waals surface area contributed by atoms with Crippen molar-refractivity contribution < 1.29 is 4.74 Å². The van der Waals surface area contributed by atoms with E-state index in [1.165, 1.54) is 0 Å². The molecule has 0 aliphatic carbocycles. The van der Waals surface area contributed by atoms with E-state index in [4.69, 9.17) is 22.1 Å². The van der Waals surface area contributed by atoms with Crippen LogP contribution in [-0.2, 0) is 5.54 Å². The van der Waals surface area contributed by atoms with Gasteiger partial charge in [-0.1, -0.05) is 41.9 Å². The molecule has 2 nitrogen and oxygen atoms in total. The third-order valence-corrected chi connectivity index (χ3v) is 3.41. The van der Waals surface area contributed by atoms with E-state index in [1.807, 2.05) is 62.4 Å². The number of para-hydroxylation sites is 1. The number of halogens is 1. The van der Waals surface area contributed by atoms with Crippen LogP contribution in [-0.4, -0.2) is 6.61 Å². The number of ether oxygens (including phenoxy) is 1. The lowest BCUT2D eigenvalue weighted by Gasteiger charge is -2.28. The summed E-state index contributed by atoms with van der Waals surface area (Å²) in [6.45, 7) is 4.54. The Morgan fingerprint density at radius 2 is 1.89 bits per heavy atom. The van der Waals surface area contributed by atoms with Gasteiger partial charge >= 0.3 is 0 Å². The Morgan fingerprint density at radius 1 is 1.16 bits per heavy atom. The molecule has 0 bridgehead atoms. The summed E-state index contributed by atoms with van der Waals surface area (Å²) < 4.78 is 5.66. The quantitative estimate of drug-likeness (QED) is 0.917. The van der Waals surface area contributed by atoms with Crippen LogP contribution in [0, 0.1) is 0 Å². The molecule has 3 heteroatoms. The highest BCUT2D eigenvalue weighted by atomic mass is 35.5. The number of hydrogen-bond acceptors (Lipinski definition) is 2. The van der Waals surface area contributed by atoms with E-state index in [0.29, 0.717) is 11.6 Å². The lowest BCUT2D eigenvalue weighted by atomic mass is 9.85. The van der Waals surface area contributed by atoms with Crippen molar-refractivity contribution in [3.8, 4) is 5.75 Å². The van der Waals surface area contributed by atoms with Crippen LogP contribution in [0.25, 0.3) is 0 Å². The van der Waals surface area contributed by atoms with Gasteiger partial charge in [-0.2, -0.15) is 0 Å². The van der Waals surface area contributed by atoms with E-state index in [9.17, 15) is 0 Å². The lowest BCUT2D eigenvalue weighted by molar-refractivity contribution is 0.330. The van der Waals surface area contributed by atoms with Gasteiger partial charge in [-0.05, 0) is 37.6 Å². The predicted octanol–water partition coefficient (Wildman–Crippen LogP) is 3.96. The van der Waals surface area contributed by atoms with E-state index in [1.54, 1.807) is 0 Å². The summed E-state index contributed by atoms with van der Waals surface area (Å²) >= 11 is 6.05. The van der Waals surface area contributed by atoms with Crippen molar-refractivity contribution in [2.75, 3.05) is 6.61 Å². The Bertz CT molecular complexity index is 566. The monoisotopic (exact) mass is 275 g/mol. The highest BCUT2D eigenvalue weighted by Gasteiger charge is 2.27. The first kappa shape index (κ1) is 13.9. The van der Waals surface area contributed by atoms with E-state index >= 15 is 0 Å². The fraction of sp³-hybridized carbons (Fsp3) is 0.250. The first-order valence-corrected chi connectivity index (χ1v) is 6.70. The topological polar surface area (TPSA) is 35.2 Å². The molecule has 0 fully saturated rings. The van der Waals surface area contributed by atoms with Crippen LogP contribution in [0.1, 0.15) is 25.0 Å². The average Bonchev–Trinajstić information content (AvgIpc) is 2.39. The smallest absolute Gasteiger partial charge is 0.124 e. The molecule has 0 aliphatic heterocycles. The standard InChI is InChI=1S/C16H18ClNO/c1-3-19-15-10-5-4-9-14(15)16(2,18)12-7-6-8-13(17)11-12/h4-11H,3,18H2,1-2H3. The zero-order valence-corrected chi connectivity index (χ0v) is 11.9. The molecule has 2 aromatic rings. The molecule has 1 atom stereocenters. The van der Waals surface area contributed by atoms with Crippen LogP contribution in [0.5, 0.6) is 5.75 Å².